The molecule has 0 saturated heterocycles. The van der Waals surface area contributed by atoms with Gasteiger partial charge in [0.1, 0.15) is 5.82 Å². The summed E-state index contributed by atoms with van der Waals surface area (Å²) in [5.74, 6) is -0.377. The number of carboxylic acid groups (broad SMARTS) is 1. The van der Waals surface area contributed by atoms with Gasteiger partial charge in [-0.2, -0.15) is 0 Å². The van der Waals surface area contributed by atoms with Gasteiger partial charge < -0.3 is 10.4 Å². The van der Waals surface area contributed by atoms with Crippen molar-refractivity contribution in [1.29, 1.82) is 0 Å². The van der Waals surface area contributed by atoms with E-state index in [1.807, 2.05) is 19.1 Å². The molecule has 0 fully saturated rings. The zero-order valence-corrected chi connectivity index (χ0v) is 9.28. The largest absolute Gasteiger partial charge is 0.476 e. The van der Waals surface area contributed by atoms with Crippen molar-refractivity contribution in [2.75, 3.05) is 5.32 Å². The van der Waals surface area contributed by atoms with Crippen LogP contribution in [-0.2, 0) is 0 Å². The molecule has 0 unspecified atom stereocenters. The van der Waals surface area contributed by atoms with Gasteiger partial charge in [-0.3, -0.25) is 0 Å². The van der Waals surface area contributed by atoms with Crippen molar-refractivity contribution in [3.05, 3.63) is 35.0 Å². The molecule has 5 nitrogen and oxygen atoms in total. The van der Waals surface area contributed by atoms with Gasteiger partial charge in [-0.15, -0.1) is 11.3 Å². The first kappa shape index (κ1) is 10.6. The Morgan fingerprint density at radius 3 is 2.88 bits per heavy atom. The second-order valence-electron chi connectivity index (χ2n) is 3.19. The first-order valence-electron chi connectivity index (χ1n) is 4.53. The number of carbonyl (C=O) groups is 1. The van der Waals surface area contributed by atoms with Crippen molar-refractivity contribution in [3.63, 3.8) is 0 Å². The Morgan fingerprint density at radius 2 is 2.31 bits per heavy atom. The summed E-state index contributed by atoms with van der Waals surface area (Å²) < 4.78 is 0. The fourth-order valence-electron chi connectivity index (χ4n) is 1.08. The highest BCUT2D eigenvalue weighted by atomic mass is 32.1. The third-order valence-electron chi connectivity index (χ3n) is 1.87. The van der Waals surface area contributed by atoms with Crippen molar-refractivity contribution >= 4 is 28.3 Å². The number of nitrogens with zero attached hydrogens (tertiary/aromatic N) is 2. The molecule has 0 bridgehead atoms. The number of carboxylic acids is 1. The van der Waals surface area contributed by atoms with E-state index in [-0.39, 0.29) is 5.69 Å². The fourth-order valence-corrected chi connectivity index (χ4v) is 1.77. The van der Waals surface area contributed by atoms with E-state index in [9.17, 15) is 4.79 Å². The smallest absolute Gasteiger partial charge is 0.355 e. The second kappa shape index (κ2) is 4.28. The molecule has 16 heavy (non-hydrogen) atoms. The molecular formula is C10H9N3O2S. The maximum Gasteiger partial charge on any atom is 0.355 e. The standard InChI is InChI=1S/C10H9N3O2S/c1-6-2-3-8(11-4-6)13-10-12-7(5-16-10)9(14)15/h2-5H,1H3,(H,14,15)(H,11,12,13). The Morgan fingerprint density at radius 1 is 1.50 bits per heavy atom. The highest BCUT2D eigenvalue weighted by molar-refractivity contribution is 7.14. The van der Waals surface area contributed by atoms with E-state index in [0.29, 0.717) is 10.9 Å². The first-order valence-corrected chi connectivity index (χ1v) is 5.41. The lowest BCUT2D eigenvalue weighted by Crippen LogP contribution is -1.97. The fraction of sp³-hybridized carbons (Fsp3) is 0.100. The molecule has 0 spiro atoms. The number of aromatic nitrogens is 2. The van der Waals surface area contributed by atoms with Crippen molar-refractivity contribution in [3.8, 4) is 0 Å². The van der Waals surface area contributed by atoms with E-state index in [1.165, 1.54) is 16.7 Å². The van der Waals surface area contributed by atoms with Crippen LogP contribution in [0, 0.1) is 6.92 Å². The number of rotatable bonds is 3. The minimum absolute atomic E-state index is 0.0413. The molecule has 6 heteroatoms. The summed E-state index contributed by atoms with van der Waals surface area (Å²) in [6, 6.07) is 3.73. The number of aromatic carboxylic acids is 1. The predicted molar refractivity (Wildman–Crippen MR) is 61.3 cm³/mol. The van der Waals surface area contributed by atoms with Gasteiger partial charge in [-0.25, -0.2) is 14.8 Å². The molecule has 0 saturated carbocycles. The van der Waals surface area contributed by atoms with Crippen LogP contribution in [0.3, 0.4) is 0 Å². The molecule has 0 amide bonds. The molecule has 2 N–H and O–H groups in total. The van der Waals surface area contributed by atoms with Crippen LogP contribution in [0.1, 0.15) is 16.1 Å². The molecule has 0 radical (unpaired) electrons. The average molecular weight is 235 g/mol. The van der Waals surface area contributed by atoms with Gasteiger partial charge in [0.25, 0.3) is 0 Å². The van der Waals surface area contributed by atoms with E-state index in [0.717, 1.165) is 5.56 Å². The molecule has 0 aliphatic heterocycles. The van der Waals surface area contributed by atoms with Crippen LogP contribution in [0.15, 0.2) is 23.7 Å². The van der Waals surface area contributed by atoms with Crippen LogP contribution in [0.4, 0.5) is 10.9 Å². The van der Waals surface area contributed by atoms with Crippen molar-refractivity contribution < 1.29 is 9.90 Å². The summed E-state index contributed by atoms with van der Waals surface area (Å²) >= 11 is 1.23. The zero-order chi connectivity index (χ0) is 11.5. The van der Waals surface area contributed by atoms with Crippen LogP contribution in [0.5, 0.6) is 0 Å². The third kappa shape index (κ3) is 2.34. The molecule has 82 valence electrons. The summed E-state index contributed by atoms with van der Waals surface area (Å²) in [6.45, 7) is 1.95. The summed E-state index contributed by atoms with van der Waals surface area (Å²) in [5, 5.41) is 13.6. The van der Waals surface area contributed by atoms with Crippen molar-refractivity contribution in [2.24, 2.45) is 0 Å². The molecule has 0 aliphatic rings. The number of anilines is 2. The molecule has 2 heterocycles. The Kier molecular flexibility index (Phi) is 2.82. The van der Waals surface area contributed by atoms with Gasteiger partial charge in [-0.1, -0.05) is 6.07 Å². The molecule has 0 aromatic carbocycles. The number of nitrogens with one attached hydrogen (secondary N) is 1. The minimum atomic E-state index is -1.03. The van der Waals surface area contributed by atoms with E-state index in [2.05, 4.69) is 15.3 Å². The molecule has 2 aromatic rings. The van der Waals surface area contributed by atoms with Crippen LogP contribution in [0.2, 0.25) is 0 Å². The molecular weight excluding hydrogens is 226 g/mol. The van der Waals surface area contributed by atoms with Crippen LogP contribution in [-0.4, -0.2) is 21.0 Å². The predicted octanol–water partition coefficient (Wildman–Crippen LogP) is 2.29. The van der Waals surface area contributed by atoms with E-state index in [4.69, 9.17) is 5.11 Å². The molecule has 2 rings (SSSR count). The van der Waals surface area contributed by atoms with Crippen molar-refractivity contribution in [2.45, 2.75) is 6.92 Å². The number of pyridine rings is 1. The number of hydrogen-bond donors (Lipinski definition) is 2. The summed E-state index contributed by atoms with van der Waals surface area (Å²) in [5.41, 5.74) is 1.11. The van der Waals surface area contributed by atoms with Crippen LogP contribution in [0.25, 0.3) is 0 Å². The van der Waals surface area contributed by atoms with Gasteiger partial charge >= 0.3 is 5.97 Å². The molecule has 0 atom stereocenters. The summed E-state index contributed by atoms with van der Waals surface area (Å²) in [7, 11) is 0. The van der Waals surface area contributed by atoms with Gasteiger partial charge in [0.15, 0.2) is 10.8 Å². The number of hydrogen-bond acceptors (Lipinski definition) is 5. The van der Waals surface area contributed by atoms with Crippen LogP contribution >= 0.6 is 11.3 Å². The lowest BCUT2D eigenvalue weighted by Gasteiger charge is -2.00. The highest BCUT2D eigenvalue weighted by Crippen LogP contribution is 2.19. The minimum Gasteiger partial charge on any atom is -0.476 e. The Balaban J connectivity index is 2.14. The third-order valence-corrected chi connectivity index (χ3v) is 2.63. The lowest BCUT2D eigenvalue weighted by atomic mass is 10.3. The topological polar surface area (TPSA) is 75.1 Å². The van der Waals surface area contributed by atoms with E-state index < -0.39 is 5.97 Å². The quantitative estimate of drug-likeness (QED) is 0.853. The SMILES string of the molecule is Cc1ccc(Nc2nc(C(=O)O)cs2)nc1. The van der Waals surface area contributed by atoms with Crippen molar-refractivity contribution in [1.82, 2.24) is 9.97 Å². The maximum atomic E-state index is 10.6. The Hall–Kier alpha value is -1.95. The first-order chi connectivity index (χ1) is 7.65. The lowest BCUT2D eigenvalue weighted by molar-refractivity contribution is 0.0691. The van der Waals surface area contributed by atoms with Gasteiger partial charge in [0, 0.05) is 11.6 Å². The molecule has 0 aliphatic carbocycles. The Labute approximate surface area is 95.8 Å². The monoisotopic (exact) mass is 235 g/mol. The number of thiazole rings is 1. The van der Waals surface area contributed by atoms with Crippen LogP contribution < -0.4 is 5.32 Å². The van der Waals surface area contributed by atoms with Gasteiger partial charge in [0.2, 0.25) is 0 Å². The average Bonchev–Trinajstić information content (AvgIpc) is 2.70. The Bertz CT molecular complexity index is 507. The normalized spacial score (nSPS) is 10.1. The van der Waals surface area contributed by atoms with E-state index in [1.54, 1.807) is 6.20 Å². The van der Waals surface area contributed by atoms with E-state index >= 15 is 0 Å². The summed E-state index contributed by atoms with van der Waals surface area (Å²) in [4.78, 5) is 18.6. The second-order valence-corrected chi connectivity index (χ2v) is 4.05. The highest BCUT2D eigenvalue weighted by Gasteiger charge is 2.08. The van der Waals surface area contributed by atoms with Gasteiger partial charge in [-0.05, 0) is 18.6 Å². The molecule has 2 aromatic heterocycles. The summed E-state index contributed by atoms with van der Waals surface area (Å²) in [6.07, 6.45) is 1.73. The van der Waals surface area contributed by atoms with Gasteiger partial charge in [0.05, 0.1) is 0 Å². The number of aryl methyl sites for hydroxylation is 1. The zero-order valence-electron chi connectivity index (χ0n) is 8.47. The maximum absolute atomic E-state index is 10.6.